The lowest BCUT2D eigenvalue weighted by molar-refractivity contribution is -0.145. The molecule has 3 aromatic carbocycles. The minimum absolute atomic E-state index is 0.0640. The third kappa shape index (κ3) is 3.66. The van der Waals surface area contributed by atoms with Crippen LogP contribution in [0.5, 0.6) is 0 Å². The third-order valence-corrected chi connectivity index (χ3v) is 6.02. The highest BCUT2D eigenvalue weighted by molar-refractivity contribution is 5.95. The monoisotopic (exact) mass is 400 g/mol. The molecule has 1 aliphatic heterocycles. The number of carboxylic acids is 1. The van der Waals surface area contributed by atoms with Crippen molar-refractivity contribution >= 4 is 17.6 Å². The first-order valence-corrected chi connectivity index (χ1v) is 10.0. The number of benzene rings is 3. The Labute approximate surface area is 175 Å². The van der Waals surface area contributed by atoms with E-state index < -0.39 is 11.4 Å². The number of nitrogen functional groups attached to an aromatic ring is 1. The van der Waals surface area contributed by atoms with Crippen molar-refractivity contribution in [2.75, 3.05) is 18.8 Å². The number of nitrogens with zero attached hydrogens (tertiary/aromatic N) is 1. The summed E-state index contributed by atoms with van der Waals surface area (Å²) < 4.78 is 0. The number of carboxylic acid groups (broad SMARTS) is 1. The fraction of sp³-hybridized carbons (Fsp3) is 0.200. The lowest BCUT2D eigenvalue weighted by Crippen LogP contribution is -2.49. The van der Waals surface area contributed by atoms with Crippen molar-refractivity contribution in [3.05, 3.63) is 90.0 Å². The van der Waals surface area contributed by atoms with Crippen molar-refractivity contribution in [3.63, 3.8) is 0 Å². The zero-order chi connectivity index (χ0) is 21.1. The second-order valence-electron chi connectivity index (χ2n) is 7.74. The number of anilines is 1. The fourth-order valence-corrected chi connectivity index (χ4v) is 4.14. The van der Waals surface area contributed by atoms with Crippen molar-refractivity contribution < 1.29 is 14.7 Å². The van der Waals surface area contributed by atoms with Crippen LogP contribution in [0.4, 0.5) is 5.69 Å². The van der Waals surface area contributed by atoms with Crippen LogP contribution in [0.25, 0.3) is 11.1 Å². The summed E-state index contributed by atoms with van der Waals surface area (Å²) in [5.41, 5.74) is 8.98. The van der Waals surface area contributed by atoms with Gasteiger partial charge in [-0.25, -0.2) is 0 Å². The van der Waals surface area contributed by atoms with Gasteiger partial charge in [-0.2, -0.15) is 0 Å². The van der Waals surface area contributed by atoms with Gasteiger partial charge in [-0.15, -0.1) is 0 Å². The van der Waals surface area contributed by atoms with Crippen LogP contribution in [-0.2, 0) is 10.2 Å². The Kier molecular flexibility index (Phi) is 5.27. The molecule has 3 aromatic rings. The molecular weight excluding hydrogens is 376 g/mol. The maximum atomic E-state index is 13.0. The Bertz CT molecular complexity index is 1040. The van der Waals surface area contributed by atoms with E-state index in [9.17, 15) is 14.7 Å². The molecular formula is C25H24N2O3. The number of hydrogen-bond donors (Lipinski definition) is 2. The molecule has 0 bridgehead atoms. The predicted octanol–water partition coefficient (Wildman–Crippen LogP) is 4.19. The number of rotatable bonds is 4. The standard InChI is InChI=1S/C25H24N2O3/c26-22-12-10-19(11-13-22)18-6-8-20(9-7-18)23(28)27-16-14-25(15-17-27,24(29)30)21-4-2-1-3-5-21/h1-13H,14-17,26H2,(H,29,30). The quantitative estimate of drug-likeness (QED) is 0.643. The SMILES string of the molecule is Nc1ccc(-c2ccc(C(=O)N3CCC(C(=O)O)(c4ccccc4)CC3)cc2)cc1. The van der Waals surface area contributed by atoms with E-state index in [1.54, 1.807) is 4.90 Å². The molecule has 3 N–H and O–H groups in total. The first-order chi connectivity index (χ1) is 14.5. The van der Waals surface area contributed by atoms with Gasteiger partial charge in [0.1, 0.15) is 0 Å². The molecule has 1 fully saturated rings. The van der Waals surface area contributed by atoms with Crippen LogP contribution in [0.1, 0.15) is 28.8 Å². The van der Waals surface area contributed by atoms with E-state index in [0.717, 1.165) is 16.7 Å². The molecule has 0 aliphatic carbocycles. The molecule has 4 rings (SSSR count). The lowest BCUT2D eigenvalue weighted by atomic mass is 9.72. The summed E-state index contributed by atoms with van der Waals surface area (Å²) in [6.07, 6.45) is 0.809. The maximum absolute atomic E-state index is 13.0. The molecule has 30 heavy (non-hydrogen) atoms. The van der Waals surface area contributed by atoms with E-state index in [4.69, 9.17) is 5.73 Å². The Balaban J connectivity index is 1.47. The summed E-state index contributed by atoms with van der Waals surface area (Å²) in [5.74, 6) is -0.889. The van der Waals surface area contributed by atoms with E-state index in [-0.39, 0.29) is 5.91 Å². The molecule has 0 spiro atoms. The smallest absolute Gasteiger partial charge is 0.314 e. The van der Waals surface area contributed by atoms with Gasteiger partial charge in [0.15, 0.2) is 0 Å². The van der Waals surface area contributed by atoms with Gasteiger partial charge in [0.25, 0.3) is 5.91 Å². The van der Waals surface area contributed by atoms with Crippen LogP contribution in [0.15, 0.2) is 78.9 Å². The number of likely N-dealkylation sites (tertiary alicyclic amines) is 1. The Morgan fingerprint density at radius 2 is 1.33 bits per heavy atom. The second-order valence-corrected chi connectivity index (χ2v) is 7.74. The van der Waals surface area contributed by atoms with Crippen molar-refractivity contribution in [2.24, 2.45) is 0 Å². The first kappa shape index (κ1) is 19.7. The lowest BCUT2D eigenvalue weighted by Gasteiger charge is -2.39. The topological polar surface area (TPSA) is 83.6 Å². The van der Waals surface area contributed by atoms with Gasteiger partial charge in [-0.1, -0.05) is 54.6 Å². The summed E-state index contributed by atoms with van der Waals surface area (Å²) >= 11 is 0. The third-order valence-electron chi connectivity index (χ3n) is 6.02. The number of carbonyl (C=O) groups excluding carboxylic acids is 1. The summed E-state index contributed by atoms with van der Waals surface area (Å²) in [6.45, 7) is 0.833. The molecule has 0 atom stereocenters. The van der Waals surface area contributed by atoms with Crippen LogP contribution < -0.4 is 5.73 Å². The molecule has 1 saturated heterocycles. The summed E-state index contributed by atoms with van der Waals surface area (Å²) in [6, 6.07) is 24.4. The van der Waals surface area contributed by atoms with E-state index in [2.05, 4.69) is 0 Å². The molecule has 5 nitrogen and oxygen atoms in total. The maximum Gasteiger partial charge on any atom is 0.314 e. The normalized spacial score (nSPS) is 15.5. The molecule has 1 aliphatic rings. The average molecular weight is 400 g/mol. The number of amides is 1. The number of hydrogen-bond acceptors (Lipinski definition) is 3. The number of piperidine rings is 1. The Morgan fingerprint density at radius 3 is 1.87 bits per heavy atom. The zero-order valence-corrected chi connectivity index (χ0v) is 16.6. The summed E-state index contributed by atoms with van der Waals surface area (Å²) in [4.78, 5) is 26.8. The summed E-state index contributed by atoms with van der Waals surface area (Å²) in [5, 5.41) is 9.93. The van der Waals surface area contributed by atoms with Crippen molar-refractivity contribution in [2.45, 2.75) is 18.3 Å². The fourth-order valence-electron chi connectivity index (χ4n) is 4.14. The van der Waals surface area contributed by atoms with Crippen LogP contribution in [0.3, 0.4) is 0 Å². The summed E-state index contributed by atoms with van der Waals surface area (Å²) in [7, 11) is 0. The molecule has 0 unspecified atom stereocenters. The van der Waals surface area contributed by atoms with Crippen LogP contribution in [-0.4, -0.2) is 35.0 Å². The van der Waals surface area contributed by atoms with E-state index in [1.807, 2.05) is 78.9 Å². The van der Waals surface area contributed by atoms with Crippen LogP contribution in [0.2, 0.25) is 0 Å². The van der Waals surface area contributed by atoms with Crippen molar-refractivity contribution in [1.82, 2.24) is 4.90 Å². The highest BCUT2D eigenvalue weighted by Gasteiger charge is 2.43. The van der Waals surface area contributed by atoms with Gasteiger partial charge in [0, 0.05) is 24.3 Å². The predicted molar refractivity (Wildman–Crippen MR) is 117 cm³/mol. The Morgan fingerprint density at radius 1 is 0.800 bits per heavy atom. The number of carbonyl (C=O) groups is 2. The largest absolute Gasteiger partial charge is 0.481 e. The average Bonchev–Trinajstić information content (AvgIpc) is 2.80. The number of aliphatic carboxylic acids is 1. The van der Waals surface area contributed by atoms with Crippen LogP contribution in [0, 0.1) is 0 Å². The first-order valence-electron chi connectivity index (χ1n) is 10.0. The van der Waals surface area contributed by atoms with Crippen molar-refractivity contribution in [1.29, 1.82) is 0 Å². The molecule has 5 heteroatoms. The van der Waals surface area contributed by atoms with E-state index in [0.29, 0.717) is 37.2 Å². The van der Waals surface area contributed by atoms with Crippen molar-refractivity contribution in [3.8, 4) is 11.1 Å². The molecule has 152 valence electrons. The molecule has 0 radical (unpaired) electrons. The van der Waals surface area contributed by atoms with Gasteiger partial charge < -0.3 is 15.7 Å². The van der Waals surface area contributed by atoms with Gasteiger partial charge in [0.2, 0.25) is 0 Å². The second kappa shape index (κ2) is 8.03. The molecule has 0 saturated carbocycles. The minimum Gasteiger partial charge on any atom is -0.481 e. The highest BCUT2D eigenvalue weighted by atomic mass is 16.4. The van der Waals surface area contributed by atoms with Gasteiger partial charge in [0.05, 0.1) is 5.41 Å². The molecule has 0 aromatic heterocycles. The van der Waals surface area contributed by atoms with Gasteiger partial charge in [-0.05, 0) is 53.8 Å². The van der Waals surface area contributed by atoms with Gasteiger partial charge in [-0.3, -0.25) is 9.59 Å². The minimum atomic E-state index is -0.933. The van der Waals surface area contributed by atoms with Gasteiger partial charge >= 0.3 is 5.97 Å². The van der Waals surface area contributed by atoms with E-state index >= 15 is 0 Å². The van der Waals surface area contributed by atoms with E-state index in [1.165, 1.54) is 0 Å². The molecule has 1 heterocycles. The Hall–Kier alpha value is -3.60. The zero-order valence-electron chi connectivity index (χ0n) is 16.6. The number of nitrogens with two attached hydrogens (primary N) is 1. The molecule has 1 amide bonds. The highest BCUT2D eigenvalue weighted by Crippen LogP contribution is 2.36. The van der Waals surface area contributed by atoms with Crippen LogP contribution >= 0.6 is 0 Å².